The van der Waals surface area contributed by atoms with Gasteiger partial charge in [0.05, 0.1) is 24.8 Å². The Morgan fingerprint density at radius 2 is 1.86 bits per heavy atom. The Hall–Kier alpha value is -2.70. The molecule has 0 N–H and O–H groups in total. The van der Waals surface area contributed by atoms with Crippen molar-refractivity contribution in [2.24, 2.45) is 5.92 Å². The highest BCUT2D eigenvalue weighted by molar-refractivity contribution is 5.89. The number of carbonyl (C=O) groups is 2. The van der Waals surface area contributed by atoms with Gasteiger partial charge in [0, 0.05) is 13.7 Å². The predicted octanol–water partition coefficient (Wildman–Crippen LogP) is 5.18. The number of nitrogens with zero attached hydrogens (tertiary/aromatic N) is 1. The molecule has 2 aromatic rings. The maximum Gasteiger partial charge on any atom is 0.338 e. The van der Waals surface area contributed by atoms with E-state index in [1.807, 2.05) is 30.3 Å². The minimum Gasteiger partial charge on any atom is -0.496 e. The fraction of sp³-hybridized carbons (Fsp3) is 0.517. The first-order valence-electron chi connectivity index (χ1n) is 12.3. The van der Waals surface area contributed by atoms with Gasteiger partial charge in [-0.2, -0.15) is 0 Å². The summed E-state index contributed by atoms with van der Waals surface area (Å²) in [5, 5.41) is 0. The van der Waals surface area contributed by atoms with Crippen molar-refractivity contribution >= 4 is 12.3 Å². The van der Waals surface area contributed by atoms with Crippen LogP contribution in [0, 0.1) is 5.92 Å². The van der Waals surface area contributed by atoms with Crippen LogP contribution >= 0.6 is 0 Å². The van der Waals surface area contributed by atoms with Gasteiger partial charge in [0.1, 0.15) is 12.4 Å². The van der Waals surface area contributed by atoms with E-state index in [4.69, 9.17) is 14.2 Å². The smallest absolute Gasteiger partial charge is 0.338 e. The molecule has 6 heteroatoms. The summed E-state index contributed by atoms with van der Waals surface area (Å²) in [6.45, 7) is 9.32. The molecule has 0 radical (unpaired) electrons. The highest BCUT2D eigenvalue weighted by Gasteiger charge is 2.30. The first-order chi connectivity index (χ1) is 16.7. The predicted molar refractivity (Wildman–Crippen MR) is 140 cm³/mol. The summed E-state index contributed by atoms with van der Waals surface area (Å²) in [5.74, 6) is 0.750. The summed E-state index contributed by atoms with van der Waals surface area (Å²) in [7, 11) is 5.32. The number of esters is 1. The van der Waals surface area contributed by atoms with Crippen LogP contribution < -0.4 is 4.74 Å². The van der Waals surface area contributed by atoms with Crippen molar-refractivity contribution in [2.75, 3.05) is 47.6 Å². The van der Waals surface area contributed by atoms with Crippen LogP contribution in [0.4, 0.5) is 0 Å². The second-order valence-electron chi connectivity index (χ2n) is 9.63. The van der Waals surface area contributed by atoms with Gasteiger partial charge in [-0.1, -0.05) is 39.0 Å². The van der Waals surface area contributed by atoms with Gasteiger partial charge in [0.2, 0.25) is 0 Å². The topological polar surface area (TPSA) is 65.1 Å². The molecule has 35 heavy (non-hydrogen) atoms. The molecule has 0 aromatic heterocycles. The van der Waals surface area contributed by atoms with Crippen molar-refractivity contribution in [3.05, 3.63) is 64.7 Å². The van der Waals surface area contributed by atoms with E-state index in [0.29, 0.717) is 29.4 Å². The number of aldehydes is 1. The lowest BCUT2D eigenvalue weighted by Crippen LogP contribution is -2.31. The molecule has 192 valence electrons. The minimum absolute atomic E-state index is 0.0208. The molecule has 0 amide bonds. The summed E-state index contributed by atoms with van der Waals surface area (Å²) < 4.78 is 15.6. The number of carbonyl (C=O) groups excluding carboxylic acids is 2. The van der Waals surface area contributed by atoms with Gasteiger partial charge in [-0.3, -0.25) is 4.79 Å². The lowest BCUT2D eigenvalue weighted by atomic mass is 9.70. The van der Waals surface area contributed by atoms with Gasteiger partial charge in [-0.15, -0.1) is 0 Å². The van der Waals surface area contributed by atoms with Crippen molar-refractivity contribution in [1.29, 1.82) is 0 Å². The summed E-state index contributed by atoms with van der Waals surface area (Å²) in [6, 6.07) is 13.6. The second kappa shape index (κ2) is 14.0. The Morgan fingerprint density at radius 3 is 2.51 bits per heavy atom. The van der Waals surface area contributed by atoms with Crippen molar-refractivity contribution < 1.29 is 23.8 Å². The summed E-state index contributed by atoms with van der Waals surface area (Å²) in [6.07, 6.45) is 3.78. The number of benzene rings is 2. The lowest BCUT2D eigenvalue weighted by Gasteiger charge is -2.35. The van der Waals surface area contributed by atoms with E-state index in [-0.39, 0.29) is 18.0 Å². The molecule has 2 rings (SSSR count). The van der Waals surface area contributed by atoms with E-state index in [1.165, 1.54) is 5.56 Å². The van der Waals surface area contributed by atoms with Gasteiger partial charge in [0.15, 0.2) is 6.29 Å². The van der Waals surface area contributed by atoms with Crippen molar-refractivity contribution in [2.45, 2.75) is 45.4 Å². The number of methoxy groups -OCH3 is 2. The first kappa shape index (κ1) is 28.5. The summed E-state index contributed by atoms with van der Waals surface area (Å²) in [5.41, 5.74) is 3.45. The standard InChI is InChI=1S/C29H41NO5/c1-22(2)29(3,26-12-11-25(21-31)27(20-26)34-6)14-8-15-30(4)16-13-23-9-7-10-24(19-23)28(32)35-18-17-33-5/h7,9-12,19-22H,8,13-18H2,1-6H3. The molecular weight excluding hydrogens is 442 g/mol. The molecule has 2 aromatic carbocycles. The third-order valence-corrected chi connectivity index (χ3v) is 7.00. The highest BCUT2D eigenvalue weighted by atomic mass is 16.6. The zero-order valence-corrected chi connectivity index (χ0v) is 22.1. The Morgan fingerprint density at radius 1 is 1.09 bits per heavy atom. The third kappa shape index (κ3) is 8.18. The molecule has 0 aliphatic rings. The third-order valence-electron chi connectivity index (χ3n) is 7.00. The molecule has 6 nitrogen and oxygen atoms in total. The SMILES string of the molecule is COCCOC(=O)c1cccc(CCN(C)CCCC(C)(c2ccc(C=O)c(OC)c2)C(C)C)c1. The largest absolute Gasteiger partial charge is 0.496 e. The molecule has 0 bridgehead atoms. The van der Waals surface area contributed by atoms with Crippen LogP contribution in [0.3, 0.4) is 0 Å². The highest BCUT2D eigenvalue weighted by Crippen LogP contribution is 2.38. The molecule has 1 atom stereocenters. The maximum absolute atomic E-state index is 12.2. The van der Waals surface area contributed by atoms with E-state index in [1.54, 1.807) is 20.3 Å². The number of likely N-dealkylation sites (N-methyl/N-ethyl adjacent to an activating group) is 1. The van der Waals surface area contributed by atoms with E-state index >= 15 is 0 Å². The van der Waals surface area contributed by atoms with E-state index in [2.05, 4.69) is 38.8 Å². The van der Waals surface area contributed by atoms with Crippen LogP contribution in [0.15, 0.2) is 42.5 Å². The van der Waals surface area contributed by atoms with E-state index in [9.17, 15) is 9.59 Å². The van der Waals surface area contributed by atoms with Crippen molar-refractivity contribution in [3.8, 4) is 5.75 Å². The van der Waals surface area contributed by atoms with Crippen LogP contribution in [0.5, 0.6) is 5.75 Å². The Bertz CT molecular complexity index is 958. The van der Waals surface area contributed by atoms with Crippen molar-refractivity contribution in [1.82, 2.24) is 4.90 Å². The Balaban J connectivity index is 1.91. The van der Waals surface area contributed by atoms with Gasteiger partial charge in [-0.25, -0.2) is 4.79 Å². The molecule has 0 saturated heterocycles. The zero-order chi connectivity index (χ0) is 25.8. The van der Waals surface area contributed by atoms with Crippen LogP contribution in [-0.2, 0) is 21.3 Å². The lowest BCUT2D eigenvalue weighted by molar-refractivity contribution is 0.0388. The summed E-state index contributed by atoms with van der Waals surface area (Å²) in [4.78, 5) is 25.8. The van der Waals surface area contributed by atoms with E-state index in [0.717, 1.165) is 44.2 Å². The minimum atomic E-state index is -0.317. The number of rotatable bonds is 15. The Kier molecular flexibility index (Phi) is 11.4. The Labute approximate surface area is 210 Å². The molecule has 0 saturated carbocycles. The molecule has 0 aliphatic carbocycles. The van der Waals surface area contributed by atoms with Gasteiger partial charge in [0.25, 0.3) is 0 Å². The van der Waals surface area contributed by atoms with Gasteiger partial charge < -0.3 is 19.1 Å². The van der Waals surface area contributed by atoms with Crippen LogP contribution in [0.1, 0.15) is 65.5 Å². The molecule has 0 aliphatic heterocycles. The molecule has 0 heterocycles. The normalized spacial score (nSPS) is 13.0. The first-order valence-corrected chi connectivity index (χ1v) is 12.3. The van der Waals surface area contributed by atoms with Crippen LogP contribution in [-0.4, -0.2) is 64.7 Å². The number of hydrogen-bond acceptors (Lipinski definition) is 6. The molecular formula is C29H41NO5. The molecule has 1 unspecified atom stereocenters. The van der Waals surface area contributed by atoms with Crippen LogP contribution in [0.25, 0.3) is 0 Å². The maximum atomic E-state index is 12.2. The van der Waals surface area contributed by atoms with E-state index < -0.39 is 0 Å². The van der Waals surface area contributed by atoms with Crippen molar-refractivity contribution in [3.63, 3.8) is 0 Å². The monoisotopic (exact) mass is 483 g/mol. The summed E-state index contributed by atoms with van der Waals surface area (Å²) >= 11 is 0. The average molecular weight is 484 g/mol. The quantitative estimate of drug-likeness (QED) is 0.198. The van der Waals surface area contributed by atoms with Gasteiger partial charge in [-0.05, 0) is 79.6 Å². The average Bonchev–Trinajstić information content (AvgIpc) is 2.87. The zero-order valence-electron chi connectivity index (χ0n) is 22.1. The fourth-order valence-corrected chi connectivity index (χ4v) is 4.23. The number of ether oxygens (including phenoxy) is 3. The molecule has 0 fully saturated rings. The molecule has 0 spiro atoms. The fourth-order valence-electron chi connectivity index (χ4n) is 4.23. The number of hydrogen-bond donors (Lipinski definition) is 0. The second-order valence-corrected chi connectivity index (χ2v) is 9.63. The van der Waals surface area contributed by atoms with Gasteiger partial charge >= 0.3 is 5.97 Å². The van der Waals surface area contributed by atoms with Crippen LogP contribution in [0.2, 0.25) is 0 Å².